The normalized spacial score (nSPS) is 22.3. The van der Waals surface area contributed by atoms with Crippen molar-refractivity contribution in [2.75, 3.05) is 6.54 Å². The number of hydrogen-bond acceptors (Lipinski definition) is 5. The van der Waals surface area contributed by atoms with Gasteiger partial charge < -0.3 is 15.7 Å². The van der Waals surface area contributed by atoms with Crippen molar-refractivity contribution in [2.45, 2.75) is 25.1 Å². The topological polar surface area (TPSA) is 78.4 Å². The van der Waals surface area contributed by atoms with E-state index in [1.807, 2.05) is 13.8 Å². The van der Waals surface area contributed by atoms with Gasteiger partial charge >= 0.3 is 5.97 Å². The Balaban J connectivity index is 2.47. The number of carbonyl (C=O) groups excluding carboxylic acids is 1. The van der Waals surface area contributed by atoms with E-state index in [0.29, 0.717) is 10.9 Å². The summed E-state index contributed by atoms with van der Waals surface area (Å²) in [6.45, 7) is 3.95. The lowest BCUT2D eigenvalue weighted by Crippen LogP contribution is -2.45. The first-order valence-electron chi connectivity index (χ1n) is 4.89. The number of thioether (sulfide) groups is 1. The van der Waals surface area contributed by atoms with Gasteiger partial charge in [-0.3, -0.25) is 9.59 Å². The lowest BCUT2D eigenvalue weighted by atomic mass is 10.0. The fraction of sp³-hybridized carbons (Fsp3) is 0.667. The molecule has 1 rings (SSSR count). The van der Waals surface area contributed by atoms with E-state index < -0.39 is 12.0 Å². The summed E-state index contributed by atoms with van der Waals surface area (Å²) < 4.78 is 0.452. The summed E-state index contributed by atoms with van der Waals surface area (Å²) in [6.07, 6.45) is 0. The van der Waals surface area contributed by atoms with Gasteiger partial charge in [-0.2, -0.15) is 0 Å². The molecule has 0 aliphatic carbocycles. The molecule has 5 nitrogen and oxygen atoms in total. The van der Waals surface area contributed by atoms with E-state index in [0.717, 1.165) is 0 Å². The summed E-state index contributed by atoms with van der Waals surface area (Å²) in [6, 6.07) is -0.637. The highest BCUT2D eigenvalue weighted by Gasteiger charge is 2.30. The highest BCUT2D eigenvalue weighted by molar-refractivity contribution is 8.24. The highest BCUT2D eigenvalue weighted by Crippen LogP contribution is 2.18. The van der Waals surface area contributed by atoms with E-state index in [1.165, 1.54) is 11.8 Å². The average molecular weight is 262 g/mol. The van der Waals surface area contributed by atoms with Crippen molar-refractivity contribution in [2.24, 2.45) is 5.92 Å². The summed E-state index contributed by atoms with van der Waals surface area (Å²) in [5, 5.41) is 14.0. The Morgan fingerprint density at radius 2 is 2.31 bits per heavy atom. The summed E-state index contributed by atoms with van der Waals surface area (Å²) in [7, 11) is 0. The Hall–Kier alpha value is -0.660. The molecule has 90 valence electrons. The maximum Gasteiger partial charge on any atom is 0.320 e. The standard InChI is InChI=1S/C9H14N2O3S2/c1-4(2)6(8(13)14)10-3-5-7(12)11-9(15)16-5/h4-6,10H,3H2,1-2H3,(H,13,14)(H,11,12,15). The van der Waals surface area contributed by atoms with Gasteiger partial charge in [0.1, 0.15) is 15.6 Å². The van der Waals surface area contributed by atoms with Gasteiger partial charge in [0.2, 0.25) is 5.91 Å². The third kappa shape index (κ3) is 3.43. The van der Waals surface area contributed by atoms with Crippen LogP contribution in [0.5, 0.6) is 0 Å². The predicted octanol–water partition coefficient (Wildman–Crippen LogP) is 0.202. The quantitative estimate of drug-likeness (QED) is 0.614. The van der Waals surface area contributed by atoms with Crippen LogP contribution in [-0.2, 0) is 9.59 Å². The van der Waals surface area contributed by atoms with Gasteiger partial charge in [0.15, 0.2) is 0 Å². The Kier molecular flexibility index (Phi) is 4.69. The number of nitrogens with one attached hydrogen (secondary N) is 2. The second-order valence-corrected chi connectivity index (χ2v) is 5.73. The van der Waals surface area contributed by atoms with Crippen molar-refractivity contribution in [1.29, 1.82) is 0 Å². The number of carboxylic acids is 1. The van der Waals surface area contributed by atoms with Crippen LogP contribution < -0.4 is 10.6 Å². The Morgan fingerprint density at radius 3 is 2.69 bits per heavy atom. The van der Waals surface area contributed by atoms with Crippen LogP contribution in [0.4, 0.5) is 0 Å². The van der Waals surface area contributed by atoms with Crippen LogP contribution in [0.25, 0.3) is 0 Å². The van der Waals surface area contributed by atoms with Gasteiger partial charge in [-0.1, -0.05) is 37.8 Å². The van der Waals surface area contributed by atoms with Gasteiger partial charge in [0, 0.05) is 6.54 Å². The van der Waals surface area contributed by atoms with E-state index in [-0.39, 0.29) is 17.1 Å². The van der Waals surface area contributed by atoms with Crippen molar-refractivity contribution in [3.63, 3.8) is 0 Å². The molecular weight excluding hydrogens is 248 g/mol. The molecule has 1 heterocycles. The molecule has 3 N–H and O–H groups in total. The SMILES string of the molecule is CC(C)C(NCC1SC(=S)NC1=O)C(=O)O. The molecule has 1 fully saturated rings. The van der Waals surface area contributed by atoms with Crippen molar-refractivity contribution < 1.29 is 14.7 Å². The molecule has 0 spiro atoms. The van der Waals surface area contributed by atoms with Crippen LogP contribution in [0.1, 0.15) is 13.8 Å². The molecule has 0 aromatic carbocycles. The zero-order valence-electron chi connectivity index (χ0n) is 9.02. The lowest BCUT2D eigenvalue weighted by Gasteiger charge is -2.18. The van der Waals surface area contributed by atoms with E-state index >= 15 is 0 Å². The van der Waals surface area contributed by atoms with Crippen LogP contribution in [0.15, 0.2) is 0 Å². The molecule has 1 amide bonds. The van der Waals surface area contributed by atoms with E-state index in [1.54, 1.807) is 0 Å². The highest BCUT2D eigenvalue weighted by atomic mass is 32.2. The second-order valence-electron chi connectivity index (χ2n) is 3.85. The van der Waals surface area contributed by atoms with E-state index in [2.05, 4.69) is 10.6 Å². The fourth-order valence-electron chi connectivity index (χ4n) is 1.37. The minimum atomic E-state index is -0.902. The summed E-state index contributed by atoms with van der Waals surface area (Å²) in [5.74, 6) is -1.09. The zero-order valence-corrected chi connectivity index (χ0v) is 10.7. The molecule has 1 saturated heterocycles. The molecule has 7 heteroatoms. The number of carbonyl (C=O) groups is 2. The molecule has 0 aromatic rings. The third-order valence-corrected chi connectivity index (χ3v) is 3.60. The van der Waals surface area contributed by atoms with Crippen molar-refractivity contribution >= 4 is 40.2 Å². The van der Waals surface area contributed by atoms with Gasteiger partial charge in [-0.15, -0.1) is 0 Å². The number of aliphatic carboxylic acids is 1. The van der Waals surface area contributed by atoms with Crippen molar-refractivity contribution in [1.82, 2.24) is 10.6 Å². The van der Waals surface area contributed by atoms with Crippen LogP contribution >= 0.6 is 24.0 Å². The van der Waals surface area contributed by atoms with Crippen molar-refractivity contribution in [3.8, 4) is 0 Å². The summed E-state index contributed by atoms with van der Waals surface area (Å²) in [5.41, 5.74) is 0. The largest absolute Gasteiger partial charge is 0.480 e. The molecule has 0 aromatic heterocycles. The number of rotatable bonds is 5. The van der Waals surface area contributed by atoms with Crippen LogP contribution in [0.3, 0.4) is 0 Å². The van der Waals surface area contributed by atoms with Crippen LogP contribution in [0.2, 0.25) is 0 Å². The number of thiocarbonyl (C=S) groups is 1. The molecule has 0 radical (unpaired) electrons. The monoisotopic (exact) mass is 262 g/mol. The van der Waals surface area contributed by atoms with Crippen LogP contribution in [0, 0.1) is 5.92 Å². The number of hydrogen-bond donors (Lipinski definition) is 3. The molecule has 16 heavy (non-hydrogen) atoms. The summed E-state index contributed by atoms with van der Waals surface area (Å²) >= 11 is 6.10. The molecule has 2 unspecified atom stereocenters. The van der Waals surface area contributed by atoms with Crippen LogP contribution in [-0.4, -0.2) is 39.1 Å². The average Bonchev–Trinajstić information content (AvgIpc) is 2.44. The van der Waals surface area contributed by atoms with Gasteiger partial charge in [-0.05, 0) is 5.92 Å². The first-order chi connectivity index (χ1) is 7.41. The molecule has 2 atom stereocenters. The van der Waals surface area contributed by atoms with E-state index in [4.69, 9.17) is 17.3 Å². The summed E-state index contributed by atoms with van der Waals surface area (Å²) in [4.78, 5) is 22.2. The maximum absolute atomic E-state index is 11.3. The first-order valence-corrected chi connectivity index (χ1v) is 6.18. The fourth-order valence-corrected chi connectivity index (χ4v) is 2.58. The minimum Gasteiger partial charge on any atom is -0.480 e. The smallest absolute Gasteiger partial charge is 0.320 e. The molecule has 0 bridgehead atoms. The molecule has 1 aliphatic rings. The first kappa shape index (κ1) is 13.4. The molecular formula is C9H14N2O3S2. The third-order valence-electron chi connectivity index (χ3n) is 2.22. The maximum atomic E-state index is 11.3. The van der Waals surface area contributed by atoms with Gasteiger partial charge in [0.25, 0.3) is 0 Å². The Morgan fingerprint density at radius 1 is 1.69 bits per heavy atom. The second kappa shape index (κ2) is 5.60. The zero-order chi connectivity index (χ0) is 12.3. The van der Waals surface area contributed by atoms with Gasteiger partial charge in [0.05, 0.1) is 0 Å². The minimum absolute atomic E-state index is 0.0288. The predicted molar refractivity (Wildman–Crippen MR) is 66.4 cm³/mol. The molecule has 0 saturated carbocycles. The van der Waals surface area contributed by atoms with Crippen molar-refractivity contribution in [3.05, 3.63) is 0 Å². The number of carboxylic acid groups (broad SMARTS) is 1. The lowest BCUT2D eigenvalue weighted by molar-refractivity contribution is -0.140. The Bertz CT molecular complexity index is 320. The van der Waals surface area contributed by atoms with E-state index in [9.17, 15) is 9.59 Å². The number of amides is 1. The Labute approximate surface area is 103 Å². The van der Waals surface area contributed by atoms with Gasteiger partial charge in [-0.25, -0.2) is 0 Å². The molecule has 1 aliphatic heterocycles.